The number of fused-ring (bicyclic) bond motifs is 1. The van der Waals surface area contributed by atoms with Crippen LogP contribution in [-0.4, -0.2) is 24.1 Å². The first-order valence-electron chi connectivity index (χ1n) is 7.43. The largest absolute Gasteiger partial charge is 0.486 e. The molecule has 2 aromatic carbocycles. The highest BCUT2D eigenvalue weighted by molar-refractivity contribution is 5.95. The molecule has 0 saturated heterocycles. The number of hydrogen-bond donors (Lipinski definition) is 0. The van der Waals surface area contributed by atoms with Crippen molar-refractivity contribution in [1.29, 1.82) is 5.26 Å². The number of nitriles is 1. The number of benzene rings is 2. The second-order valence-electron chi connectivity index (χ2n) is 5.26. The molecule has 8 nitrogen and oxygen atoms in total. The number of ether oxygens (including phenoxy) is 3. The molecule has 0 amide bonds. The van der Waals surface area contributed by atoms with Gasteiger partial charge in [-0.1, -0.05) is 0 Å². The number of hydrogen-bond acceptors (Lipinski definition) is 7. The van der Waals surface area contributed by atoms with Crippen molar-refractivity contribution in [3.8, 4) is 17.6 Å². The van der Waals surface area contributed by atoms with Crippen LogP contribution in [0.3, 0.4) is 0 Å². The van der Waals surface area contributed by atoms with E-state index in [1.54, 1.807) is 0 Å². The molecule has 0 fully saturated rings. The van der Waals surface area contributed by atoms with E-state index in [4.69, 9.17) is 19.5 Å². The molecule has 1 aliphatic heterocycles. The van der Waals surface area contributed by atoms with Crippen molar-refractivity contribution in [2.24, 2.45) is 0 Å². The van der Waals surface area contributed by atoms with Gasteiger partial charge in [0.25, 0.3) is 5.69 Å². The summed E-state index contributed by atoms with van der Waals surface area (Å²) in [6, 6.07) is 7.69. The maximum absolute atomic E-state index is 13.7. The lowest BCUT2D eigenvalue weighted by Gasteiger charge is -2.18. The topological polar surface area (TPSA) is 112 Å². The second-order valence-corrected chi connectivity index (χ2v) is 5.26. The zero-order chi connectivity index (χ0) is 18.7. The standard InChI is InChI=1S/C17H11FN2O6/c18-13-2-1-10(8-19)5-11(13)9-26-17(21)12-6-15-16(25-4-3-24-15)7-14(12)20(22)23/h1-2,5-7H,3-4,9H2. The molecule has 2 aromatic rings. The van der Waals surface area contributed by atoms with E-state index in [2.05, 4.69) is 0 Å². The SMILES string of the molecule is N#Cc1ccc(F)c(COC(=O)c2cc3c(cc2[N+](=O)[O-])OCCO3)c1. The van der Waals surface area contributed by atoms with E-state index in [-0.39, 0.29) is 41.4 Å². The zero-order valence-electron chi connectivity index (χ0n) is 13.2. The van der Waals surface area contributed by atoms with Crippen LogP contribution in [0.25, 0.3) is 0 Å². The number of esters is 1. The van der Waals surface area contributed by atoms with Gasteiger partial charge >= 0.3 is 5.97 Å². The molecule has 1 heterocycles. The molecule has 0 radical (unpaired) electrons. The predicted octanol–water partition coefficient (Wildman–Crippen LogP) is 2.73. The van der Waals surface area contributed by atoms with Crippen molar-refractivity contribution in [1.82, 2.24) is 0 Å². The molecule has 0 spiro atoms. The highest BCUT2D eigenvalue weighted by atomic mass is 19.1. The Morgan fingerprint density at radius 3 is 2.62 bits per heavy atom. The maximum Gasteiger partial charge on any atom is 0.345 e. The minimum atomic E-state index is -1.02. The lowest BCUT2D eigenvalue weighted by Crippen LogP contribution is -2.17. The summed E-state index contributed by atoms with van der Waals surface area (Å²) < 4.78 is 29.3. The highest BCUT2D eigenvalue weighted by Gasteiger charge is 2.27. The molecule has 0 atom stereocenters. The average molecular weight is 358 g/mol. The number of carbonyl (C=O) groups is 1. The van der Waals surface area contributed by atoms with Gasteiger partial charge in [0.2, 0.25) is 0 Å². The minimum absolute atomic E-state index is 0.0161. The van der Waals surface area contributed by atoms with Crippen LogP contribution in [0.2, 0.25) is 0 Å². The first-order valence-corrected chi connectivity index (χ1v) is 7.43. The number of nitro groups is 1. The summed E-state index contributed by atoms with van der Waals surface area (Å²) in [6.45, 7) is -0.000296. The zero-order valence-corrected chi connectivity index (χ0v) is 13.2. The van der Waals surface area contributed by atoms with Crippen LogP contribution in [0.1, 0.15) is 21.5 Å². The van der Waals surface area contributed by atoms with Gasteiger partial charge < -0.3 is 14.2 Å². The van der Waals surface area contributed by atoms with E-state index < -0.39 is 29.0 Å². The molecule has 0 aromatic heterocycles. The van der Waals surface area contributed by atoms with Crippen LogP contribution in [0.15, 0.2) is 30.3 Å². The molecule has 0 saturated carbocycles. The van der Waals surface area contributed by atoms with Crippen molar-refractivity contribution in [3.05, 3.63) is 63.0 Å². The van der Waals surface area contributed by atoms with Crippen LogP contribution in [0.4, 0.5) is 10.1 Å². The van der Waals surface area contributed by atoms with Gasteiger partial charge in [-0.05, 0) is 18.2 Å². The molecule has 9 heteroatoms. The Hall–Kier alpha value is -3.67. The highest BCUT2D eigenvalue weighted by Crippen LogP contribution is 2.37. The van der Waals surface area contributed by atoms with Gasteiger partial charge in [-0.25, -0.2) is 9.18 Å². The summed E-state index contributed by atoms with van der Waals surface area (Å²) in [7, 11) is 0. The Morgan fingerprint density at radius 2 is 1.96 bits per heavy atom. The van der Waals surface area contributed by atoms with Gasteiger partial charge in [0.05, 0.1) is 22.6 Å². The molecule has 0 unspecified atom stereocenters. The Labute approximate surface area is 146 Å². The van der Waals surface area contributed by atoms with Crippen LogP contribution >= 0.6 is 0 Å². The summed E-state index contributed by atoms with van der Waals surface area (Å²) in [5.74, 6) is -1.33. The fourth-order valence-electron chi connectivity index (χ4n) is 2.37. The molecular formula is C17H11FN2O6. The summed E-state index contributed by atoms with van der Waals surface area (Å²) in [5, 5.41) is 20.1. The summed E-state index contributed by atoms with van der Waals surface area (Å²) in [5.41, 5.74) is -0.665. The van der Waals surface area contributed by atoms with Crippen LogP contribution in [-0.2, 0) is 11.3 Å². The van der Waals surface area contributed by atoms with E-state index in [1.165, 1.54) is 12.1 Å². The van der Waals surface area contributed by atoms with E-state index in [1.807, 2.05) is 6.07 Å². The fraction of sp³-hybridized carbons (Fsp3) is 0.176. The lowest BCUT2D eigenvalue weighted by atomic mass is 10.1. The number of halogens is 1. The van der Waals surface area contributed by atoms with E-state index in [0.29, 0.717) is 0 Å². The van der Waals surface area contributed by atoms with Crippen molar-refractivity contribution < 1.29 is 28.3 Å². The van der Waals surface area contributed by atoms with Crippen molar-refractivity contribution >= 4 is 11.7 Å². The molecule has 26 heavy (non-hydrogen) atoms. The first-order chi connectivity index (χ1) is 12.5. The first kappa shape index (κ1) is 17.2. The minimum Gasteiger partial charge on any atom is -0.486 e. The number of nitrogens with zero attached hydrogens (tertiary/aromatic N) is 2. The van der Waals surface area contributed by atoms with Gasteiger partial charge in [0.15, 0.2) is 11.5 Å². The Bertz CT molecular complexity index is 938. The summed E-state index contributed by atoms with van der Waals surface area (Å²) >= 11 is 0. The van der Waals surface area contributed by atoms with Gasteiger partial charge in [0.1, 0.15) is 31.2 Å². The van der Waals surface area contributed by atoms with Gasteiger partial charge in [-0.2, -0.15) is 5.26 Å². The molecule has 132 valence electrons. The van der Waals surface area contributed by atoms with Crippen LogP contribution in [0.5, 0.6) is 11.5 Å². The third-order valence-corrected chi connectivity index (χ3v) is 3.61. The monoisotopic (exact) mass is 358 g/mol. The number of nitro benzene ring substituents is 1. The fourth-order valence-corrected chi connectivity index (χ4v) is 2.37. The smallest absolute Gasteiger partial charge is 0.345 e. The van der Waals surface area contributed by atoms with E-state index in [0.717, 1.165) is 18.2 Å². The van der Waals surface area contributed by atoms with Crippen LogP contribution in [0, 0.1) is 27.3 Å². The Morgan fingerprint density at radius 1 is 1.27 bits per heavy atom. The third kappa shape index (κ3) is 3.39. The molecule has 3 rings (SSSR count). The van der Waals surface area contributed by atoms with Gasteiger partial charge in [-0.3, -0.25) is 10.1 Å². The quantitative estimate of drug-likeness (QED) is 0.469. The number of rotatable bonds is 4. The van der Waals surface area contributed by atoms with Crippen LogP contribution < -0.4 is 9.47 Å². The Kier molecular flexibility index (Phi) is 4.66. The normalized spacial score (nSPS) is 12.2. The van der Waals surface area contributed by atoms with Gasteiger partial charge in [-0.15, -0.1) is 0 Å². The second kappa shape index (κ2) is 7.06. The molecule has 0 bridgehead atoms. The third-order valence-electron chi connectivity index (χ3n) is 3.61. The van der Waals surface area contributed by atoms with E-state index in [9.17, 15) is 19.3 Å². The number of carbonyl (C=O) groups excluding carboxylic acids is 1. The molecular weight excluding hydrogens is 347 g/mol. The average Bonchev–Trinajstić information content (AvgIpc) is 2.66. The lowest BCUT2D eigenvalue weighted by molar-refractivity contribution is -0.385. The summed E-state index contributed by atoms with van der Waals surface area (Å²) in [4.78, 5) is 22.8. The van der Waals surface area contributed by atoms with E-state index >= 15 is 0 Å². The molecule has 1 aliphatic rings. The molecule has 0 N–H and O–H groups in total. The molecule has 0 aliphatic carbocycles. The van der Waals surface area contributed by atoms with Gasteiger partial charge in [0, 0.05) is 11.6 Å². The predicted molar refractivity (Wildman–Crippen MR) is 84.3 cm³/mol. The maximum atomic E-state index is 13.7. The van der Waals surface area contributed by atoms with Crippen molar-refractivity contribution in [3.63, 3.8) is 0 Å². The van der Waals surface area contributed by atoms with Crippen molar-refractivity contribution in [2.75, 3.05) is 13.2 Å². The Balaban J connectivity index is 1.86. The van der Waals surface area contributed by atoms with Crippen molar-refractivity contribution in [2.45, 2.75) is 6.61 Å². The summed E-state index contributed by atoms with van der Waals surface area (Å²) in [6.07, 6.45) is 0.